The molecule has 0 unspecified atom stereocenters. The van der Waals surface area contributed by atoms with Crippen LogP contribution in [0.2, 0.25) is 0 Å². The molecule has 0 spiro atoms. The van der Waals surface area contributed by atoms with Crippen molar-refractivity contribution in [2.45, 2.75) is 64.5 Å². The molecule has 3 atom stereocenters. The predicted octanol–water partition coefficient (Wildman–Crippen LogP) is 2.62. The average molecular weight is 665 g/mol. The Morgan fingerprint density at radius 1 is 0.979 bits per heavy atom. The van der Waals surface area contributed by atoms with E-state index in [1.165, 1.54) is 23.0 Å². The van der Waals surface area contributed by atoms with Crippen LogP contribution in [0.25, 0.3) is 0 Å². The van der Waals surface area contributed by atoms with Gasteiger partial charge in [-0.25, -0.2) is 13.8 Å². The van der Waals surface area contributed by atoms with Crippen molar-refractivity contribution in [2.24, 2.45) is 18.9 Å². The summed E-state index contributed by atoms with van der Waals surface area (Å²) in [6.45, 7) is 6.57. The lowest BCUT2D eigenvalue weighted by Gasteiger charge is -2.36. The fourth-order valence-corrected chi connectivity index (χ4v) is 6.56. The minimum Gasteiger partial charge on any atom is -0.338 e. The summed E-state index contributed by atoms with van der Waals surface area (Å²) in [5, 5.41) is 20.1. The number of likely N-dealkylation sites (N-methyl/N-ethyl adjacent to an activating group) is 1. The SMILES string of the molecule is CCn1nccc1NC(=O)[C@H](C(=O)Nc1ccc([C@H](C)[C@@H](NC(=O)c2cnnn2C)C(=O)N2CCN(C)CC2)cc1F)C1CCCCC1. The van der Waals surface area contributed by atoms with Crippen molar-refractivity contribution in [1.29, 1.82) is 0 Å². The van der Waals surface area contributed by atoms with E-state index in [2.05, 4.69) is 36.3 Å². The molecule has 2 aliphatic rings. The number of anilines is 2. The van der Waals surface area contributed by atoms with Crippen molar-refractivity contribution < 1.29 is 23.6 Å². The third kappa shape index (κ3) is 7.89. The van der Waals surface area contributed by atoms with E-state index in [-0.39, 0.29) is 23.2 Å². The Hall–Kier alpha value is -4.66. The van der Waals surface area contributed by atoms with Crippen LogP contribution < -0.4 is 16.0 Å². The lowest BCUT2D eigenvalue weighted by molar-refractivity contribution is -0.135. The molecule has 4 amide bonds. The van der Waals surface area contributed by atoms with E-state index in [4.69, 9.17) is 0 Å². The van der Waals surface area contributed by atoms with Gasteiger partial charge in [0.2, 0.25) is 17.7 Å². The van der Waals surface area contributed by atoms with Crippen LogP contribution in [-0.4, -0.2) is 97.5 Å². The molecule has 0 radical (unpaired) electrons. The largest absolute Gasteiger partial charge is 0.338 e. The molecule has 258 valence electrons. The van der Waals surface area contributed by atoms with E-state index in [0.29, 0.717) is 44.1 Å². The van der Waals surface area contributed by atoms with Gasteiger partial charge in [-0.05, 0) is 50.4 Å². The standard InChI is InChI=1S/C33H45FN10O4/c1-5-44-27(13-14-36-44)38-32(47)28(22-9-7-6-8-10-22)31(46)37-25-12-11-23(19-24(25)34)21(2)29(33(48)43-17-15-41(3)16-18-43)39-30(45)26-20-35-40-42(26)4/h11-14,19-22,28-29H,5-10,15-18H2,1-4H3,(H,37,46)(H,38,47)(H,39,45)/t21-,28-,29+/m0/s1. The van der Waals surface area contributed by atoms with Gasteiger partial charge >= 0.3 is 0 Å². The number of nitrogens with zero attached hydrogens (tertiary/aromatic N) is 7. The van der Waals surface area contributed by atoms with Crippen molar-refractivity contribution >= 4 is 35.1 Å². The number of hydrogen-bond donors (Lipinski definition) is 3. The number of benzene rings is 1. The van der Waals surface area contributed by atoms with Crippen LogP contribution in [0.4, 0.5) is 15.9 Å². The Bertz CT molecular complexity index is 1610. The highest BCUT2D eigenvalue weighted by Crippen LogP contribution is 2.33. The van der Waals surface area contributed by atoms with Crippen molar-refractivity contribution in [3.05, 3.63) is 53.7 Å². The van der Waals surface area contributed by atoms with Gasteiger partial charge in [0.05, 0.1) is 18.1 Å². The summed E-state index contributed by atoms with van der Waals surface area (Å²) in [5.74, 6) is -3.90. The zero-order valence-electron chi connectivity index (χ0n) is 28.0. The number of piperazine rings is 1. The monoisotopic (exact) mass is 664 g/mol. The molecule has 3 aromatic rings. The van der Waals surface area contributed by atoms with Crippen LogP contribution in [0.1, 0.15) is 67.9 Å². The second-order valence-corrected chi connectivity index (χ2v) is 12.7. The van der Waals surface area contributed by atoms with E-state index in [1.807, 2.05) is 14.0 Å². The molecule has 1 aliphatic heterocycles. The zero-order valence-corrected chi connectivity index (χ0v) is 28.0. The highest BCUT2D eigenvalue weighted by Gasteiger charge is 2.37. The molecule has 0 bridgehead atoms. The molecule has 3 heterocycles. The molecule has 5 rings (SSSR count). The van der Waals surface area contributed by atoms with Crippen LogP contribution in [0.15, 0.2) is 36.7 Å². The van der Waals surface area contributed by atoms with Gasteiger partial charge in [0.1, 0.15) is 29.3 Å². The van der Waals surface area contributed by atoms with Gasteiger partial charge in [-0.2, -0.15) is 5.10 Å². The van der Waals surface area contributed by atoms with E-state index >= 15 is 4.39 Å². The first kappa shape index (κ1) is 34.7. The molecule has 1 aromatic carbocycles. The van der Waals surface area contributed by atoms with Crippen molar-refractivity contribution in [3.63, 3.8) is 0 Å². The Balaban J connectivity index is 1.35. The smallest absolute Gasteiger partial charge is 0.271 e. The molecule has 14 nitrogen and oxygen atoms in total. The van der Waals surface area contributed by atoms with Crippen molar-refractivity contribution in [2.75, 3.05) is 43.9 Å². The first-order chi connectivity index (χ1) is 23.1. The van der Waals surface area contributed by atoms with Gasteiger partial charge in [-0.15, -0.1) is 5.10 Å². The highest BCUT2D eigenvalue weighted by molar-refractivity contribution is 6.11. The molecule has 48 heavy (non-hydrogen) atoms. The van der Waals surface area contributed by atoms with E-state index in [9.17, 15) is 19.2 Å². The van der Waals surface area contributed by atoms with Gasteiger partial charge in [-0.1, -0.05) is 37.5 Å². The molecule has 15 heteroatoms. The third-order valence-corrected chi connectivity index (χ3v) is 9.55. The summed E-state index contributed by atoms with van der Waals surface area (Å²) >= 11 is 0. The fraction of sp³-hybridized carbons (Fsp3) is 0.545. The number of aromatic nitrogens is 5. The number of rotatable bonds is 11. The average Bonchev–Trinajstić information content (AvgIpc) is 3.73. The summed E-state index contributed by atoms with van der Waals surface area (Å²) in [6.07, 6.45) is 7.21. The van der Waals surface area contributed by atoms with Gasteiger partial charge in [-0.3, -0.25) is 19.2 Å². The highest BCUT2D eigenvalue weighted by atomic mass is 19.1. The second kappa shape index (κ2) is 15.5. The van der Waals surface area contributed by atoms with E-state index in [0.717, 1.165) is 32.1 Å². The number of aryl methyl sites for hydroxylation is 2. The number of carbonyl (C=O) groups excluding carboxylic acids is 4. The molecule has 1 saturated heterocycles. The maximum absolute atomic E-state index is 15.7. The van der Waals surface area contributed by atoms with Crippen LogP contribution >= 0.6 is 0 Å². The zero-order chi connectivity index (χ0) is 34.4. The van der Waals surface area contributed by atoms with Crippen LogP contribution in [0, 0.1) is 17.7 Å². The number of nitrogens with one attached hydrogen (secondary N) is 3. The lowest BCUT2D eigenvalue weighted by Crippen LogP contribution is -2.55. The molecular formula is C33H45FN10O4. The molecule has 3 N–H and O–H groups in total. The molecule has 1 aliphatic carbocycles. The first-order valence-electron chi connectivity index (χ1n) is 16.6. The summed E-state index contributed by atoms with van der Waals surface area (Å²) in [6, 6.07) is 4.99. The number of halogens is 1. The molecule has 2 fully saturated rings. The quantitative estimate of drug-likeness (QED) is 0.264. The number of carbonyl (C=O) groups is 4. The fourth-order valence-electron chi connectivity index (χ4n) is 6.56. The van der Waals surface area contributed by atoms with Gasteiger partial charge in [0.25, 0.3) is 5.91 Å². The summed E-state index contributed by atoms with van der Waals surface area (Å²) in [4.78, 5) is 58.0. The molecule has 2 aromatic heterocycles. The van der Waals surface area contributed by atoms with Crippen LogP contribution in [0.5, 0.6) is 0 Å². The molecular weight excluding hydrogens is 619 g/mol. The third-order valence-electron chi connectivity index (χ3n) is 9.55. The number of hydrogen-bond acceptors (Lipinski definition) is 8. The van der Waals surface area contributed by atoms with Gasteiger partial charge in [0, 0.05) is 51.8 Å². The summed E-state index contributed by atoms with van der Waals surface area (Å²) < 4.78 is 18.7. The topological polar surface area (TPSA) is 159 Å². The predicted molar refractivity (Wildman–Crippen MR) is 176 cm³/mol. The Morgan fingerprint density at radius 2 is 1.69 bits per heavy atom. The minimum atomic E-state index is -1.02. The first-order valence-corrected chi connectivity index (χ1v) is 16.6. The summed E-state index contributed by atoms with van der Waals surface area (Å²) in [7, 11) is 3.56. The number of amides is 4. The van der Waals surface area contributed by atoms with Crippen LogP contribution in [0.3, 0.4) is 0 Å². The maximum Gasteiger partial charge on any atom is 0.271 e. The van der Waals surface area contributed by atoms with Crippen LogP contribution in [-0.2, 0) is 28.0 Å². The van der Waals surface area contributed by atoms with E-state index in [1.54, 1.807) is 41.9 Å². The summed E-state index contributed by atoms with van der Waals surface area (Å²) in [5.41, 5.74) is 0.559. The van der Waals surface area contributed by atoms with Gasteiger partial charge in [0.15, 0.2) is 0 Å². The minimum absolute atomic E-state index is 0.0740. The lowest BCUT2D eigenvalue weighted by atomic mass is 9.79. The van der Waals surface area contributed by atoms with Crippen molar-refractivity contribution in [3.8, 4) is 0 Å². The second-order valence-electron chi connectivity index (χ2n) is 12.7. The van der Waals surface area contributed by atoms with Gasteiger partial charge < -0.3 is 25.8 Å². The van der Waals surface area contributed by atoms with Crippen molar-refractivity contribution in [1.82, 2.24) is 39.9 Å². The Morgan fingerprint density at radius 3 is 2.33 bits per heavy atom. The van der Waals surface area contributed by atoms with E-state index < -0.39 is 41.4 Å². The Labute approximate surface area is 279 Å². The maximum atomic E-state index is 15.7. The molecule has 1 saturated carbocycles. The normalized spacial score (nSPS) is 17.7. The Kier molecular flexibility index (Phi) is 11.2.